The molecular weight excluding hydrogens is 201 g/mol. The lowest BCUT2D eigenvalue weighted by Crippen LogP contribution is -2.11. The SMILES string of the molecule is O=C(O)Oc1ccccc1C(F)(F)F. The van der Waals surface area contributed by atoms with Gasteiger partial charge in [-0.15, -0.1) is 0 Å². The van der Waals surface area contributed by atoms with E-state index in [4.69, 9.17) is 5.11 Å². The van der Waals surface area contributed by atoms with Crippen molar-refractivity contribution in [2.24, 2.45) is 0 Å². The van der Waals surface area contributed by atoms with Crippen molar-refractivity contribution < 1.29 is 27.8 Å². The number of para-hydroxylation sites is 1. The molecule has 76 valence electrons. The van der Waals surface area contributed by atoms with E-state index < -0.39 is 23.6 Å². The van der Waals surface area contributed by atoms with Gasteiger partial charge in [0.25, 0.3) is 0 Å². The maximum absolute atomic E-state index is 12.2. The van der Waals surface area contributed by atoms with Gasteiger partial charge in [0.05, 0.1) is 5.56 Å². The molecule has 0 heterocycles. The molecule has 0 atom stereocenters. The molecule has 0 spiro atoms. The van der Waals surface area contributed by atoms with Gasteiger partial charge < -0.3 is 9.84 Å². The first-order valence-corrected chi connectivity index (χ1v) is 3.48. The first-order valence-electron chi connectivity index (χ1n) is 3.48. The van der Waals surface area contributed by atoms with Gasteiger partial charge in [-0.1, -0.05) is 12.1 Å². The summed E-state index contributed by atoms with van der Waals surface area (Å²) in [6, 6.07) is 4.10. The van der Waals surface area contributed by atoms with Gasteiger partial charge in [-0.05, 0) is 12.1 Å². The quantitative estimate of drug-likeness (QED) is 0.567. The molecule has 14 heavy (non-hydrogen) atoms. The largest absolute Gasteiger partial charge is 0.511 e. The van der Waals surface area contributed by atoms with Crippen molar-refractivity contribution in [3.8, 4) is 5.75 Å². The second-order valence-corrected chi connectivity index (χ2v) is 2.36. The van der Waals surface area contributed by atoms with E-state index in [1.807, 2.05) is 0 Å². The molecular formula is C8H5F3O3. The molecule has 0 saturated carbocycles. The maximum atomic E-state index is 12.2. The highest BCUT2D eigenvalue weighted by Gasteiger charge is 2.34. The van der Waals surface area contributed by atoms with Crippen LogP contribution in [-0.4, -0.2) is 11.3 Å². The van der Waals surface area contributed by atoms with E-state index in [0.717, 1.165) is 18.2 Å². The van der Waals surface area contributed by atoms with Crippen molar-refractivity contribution in [2.75, 3.05) is 0 Å². The van der Waals surface area contributed by atoms with Gasteiger partial charge in [-0.25, -0.2) is 4.79 Å². The van der Waals surface area contributed by atoms with E-state index in [2.05, 4.69) is 4.74 Å². The highest BCUT2D eigenvalue weighted by atomic mass is 19.4. The smallest absolute Gasteiger partial charge is 0.449 e. The zero-order valence-electron chi connectivity index (χ0n) is 6.71. The van der Waals surface area contributed by atoms with E-state index >= 15 is 0 Å². The molecule has 1 N–H and O–H groups in total. The van der Waals surface area contributed by atoms with Gasteiger partial charge in [0.1, 0.15) is 5.75 Å². The summed E-state index contributed by atoms with van der Waals surface area (Å²) in [6.07, 6.45) is -6.40. The lowest BCUT2D eigenvalue weighted by Gasteiger charge is -2.10. The number of hydrogen-bond acceptors (Lipinski definition) is 2. The number of ether oxygens (including phenoxy) is 1. The Morgan fingerprint density at radius 2 is 1.86 bits per heavy atom. The van der Waals surface area contributed by atoms with Gasteiger partial charge in [0, 0.05) is 0 Å². The van der Waals surface area contributed by atoms with Crippen LogP contribution >= 0.6 is 0 Å². The minimum absolute atomic E-state index is 0.715. The summed E-state index contributed by atoms with van der Waals surface area (Å²) in [5.74, 6) is -0.715. The van der Waals surface area contributed by atoms with E-state index in [0.29, 0.717) is 0 Å². The maximum Gasteiger partial charge on any atom is 0.511 e. The van der Waals surface area contributed by atoms with Crippen molar-refractivity contribution in [2.45, 2.75) is 6.18 Å². The van der Waals surface area contributed by atoms with E-state index in [-0.39, 0.29) is 0 Å². The van der Waals surface area contributed by atoms with Crippen LogP contribution in [0, 0.1) is 0 Å². The van der Waals surface area contributed by atoms with Crippen LogP contribution in [0.1, 0.15) is 5.56 Å². The summed E-state index contributed by atoms with van der Waals surface area (Å²) in [5.41, 5.74) is -1.11. The van der Waals surface area contributed by atoms with Crippen LogP contribution < -0.4 is 4.74 Å². The van der Waals surface area contributed by atoms with Crippen molar-refractivity contribution >= 4 is 6.16 Å². The summed E-state index contributed by atoms with van der Waals surface area (Å²) in [7, 11) is 0. The average Bonchev–Trinajstić information content (AvgIpc) is 2.01. The number of alkyl halides is 3. The first kappa shape index (κ1) is 10.4. The average molecular weight is 206 g/mol. The van der Waals surface area contributed by atoms with Gasteiger partial charge in [-0.3, -0.25) is 0 Å². The second kappa shape index (κ2) is 3.57. The van der Waals surface area contributed by atoms with E-state index in [1.54, 1.807) is 0 Å². The Morgan fingerprint density at radius 3 is 2.36 bits per heavy atom. The first-order chi connectivity index (χ1) is 6.41. The molecule has 0 fully saturated rings. The number of hydrogen-bond donors (Lipinski definition) is 1. The third-order valence-corrected chi connectivity index (χ3v) is 1.39. The highest BCUT2D eigenvalue weighted by molar-refractivity contribution is 5.62. The molecule has 0 radical (unpaired) electrons. The number of rotatable bonds is 1. The van der Waals surface area contributed by atoms with E-state index in [1.165, 1.54) is 6.07 Å². The molecule has 0 aliphatic heterocycles. The minimum Gasteiger partial charge on any atom is -0.449 e. The zero-order valence-corrected chi connectivity index (χ0v) is 6.71. The van der Waals surface area contributed by atoms with Crippen LogP contribution in [-0.2, 0) is 6.18 Å². The van der Waals surface area contributed by atoms with Crippen LogP contribution in [0.5, 0.6) is 5.75 Å². The van der Waals surface area contributed by atoms with Crippen LogP contribution in [0.2, 0.25) is 0 Å². The molecule has 6 heteroatoms. The van der Waals surface area contributed by atoms with Crippen molar-refractivity contribution in [1.82, 2.24) is 0 Å². The van der Waals surface area contributed by atoms with Crippen LogP contribution in [0.15, 0.2) is 24.3 Å². The third-order valence-electron chi connectivity index (χ3n) is 1.39. The molecule has 0 amide bonds. The van der Waals surface area contributed by atoms with Crippen LogP contribution in [0.25, 0.3) is 0 Å². The summed E-state index contributed by atoms with van der Waals surface area (Å²) in [5, 5.41) is 8.17. The monoisotopic (exact) mass is 206 g/mol. The van der Waals surface area contributed by atoms with Gasteiger partial charge >= 0.3 is 12.3 Å². The van der Waals surface area contributed by atoms with Gasteiger partial charge in [0.15, 0.2) is 0 Å². The molecule has 0 saturated heterocycles. The fraction of sp³-hybridized carbons (Fsp3) is 0.125. The van der Waals surface area contributed by atoms with Gasteiger partial charge in [0.2, 0.25) is 0 Å². The predicted molar refractivity (Wildman–Crippen MR) is 40.1 cm³/mol. The Kier molecular flexibility index (Phi) is 2.64. The highest BCUT2D eigenvalue weighted by Crippen LogP contribution is 2.35. The van der Waals surface area contributed by atoms with Crippen molar-refractivity contribution in [1.29, 1.82) is 0 Å². The Balaban J connectivity index is 3.10. The Bertz CT molecular complexity index is 346. The predicted octanol–water partition coefficient (Wildman–Crippen LogP) is 2.76. The molecule has 0 aromatic heterocycles. The fourth-order valence-electron chi connectivity index (χ4n) is 0.884. The molecule has 1 rings (SSSR count). The minimum atomic E-state index is -4.62. The second-order valence-electron chi connectivity index (χ2n) is 2.36. The molecule has 3 nitrogen and oxygen atoms in total. The number of benzene rings is 1. The topological polar surface area (TPSA) is 46.5 Å². The third kappa shape index (κ3) is 2.38. The van der Waals surface area contributed by atoms with Crippen LogP contribution in [0.3, 0.4) is 0 Å². The van der Waals surface area contributed by atoms with Crippen LogP contribution in [0.4, 0.5) is 18.0 Å². The Labute approximate surface area is 76.7 Å². The molecule has 0 aliphatic rings. The molecule has 1 aromatic carbocycles. The molecule has 0 bridgehead atoms. The Hall–Kier alpha value is -1.72. The number of carboxylic acid groups (broad SMARTS) is 1. The summed E-state index contributed by atoms with van der Waals surface area (Å²) in [6.45, 7) is 0. The lowest BCUT2D eigenvalue weighted by molar-refractivity contribution is -0.138. The zero-order chi connectivity index (χ0) is 10.8. The number of carbonyl (C=O) groups is 1. The molecule has 1 aromatic rings. The van der Waals surface area contributed by atoms with Gasteiger partial charge in [-0.2, -0.15) is 13.2 Å². The summed E-state index contributed by atoms with van der Waals surface area (Å²) in [4.78, 5) is 10.1. The lowest BCUT2D eigenvalue weighted by atomic mass is 10.2. The molecule has 0 aliphatic carbocycles. The van der Waals surface area contributed by atoms with Crippen molar-refractivity contribution in [3.63, 3.8) is 0 Å². The summed E-state index contributed by atoms with van der Waals surface area (Å²) < 4.78 is 40.6. The van der Waals surface area contributed by atoms with E-state index in [9.17, 15) is 18.0 Å². The summed E-state index contributed by atoms with van der Waals surface area (Å²) >= 11 is 0. The number of halogens is 3. The molecule has 0 unspecified atom stereocenters. The Morgan fingerprint density at radius 1 is 1.29 bits per heavy atom. The standard InChI is InChI=1S/C8H5F3O3/c9-8(10,11)5-3-1-2-4-6(5)14-7(12)13/h1-4H,(H,12,13). The van der Waals surface area contributed by atoms with Crippen molar-refractivity contribution in [3.05, 3.63) is 29.8 Å². The fourth-order valence-corrected chi connectivity index (χ4v) is 0.884. The normalized spacial score (nSPS) is 11.1.